The number of ether oxygens (including phenoxy) is 2. The molecule has 4 nitrogen and oxygen atoms in total. The fourth-order valence-corrected chi connectivity index (χ4v) is 3.26. The number of hydrogen-bond acceptors (Lipinski definition) is 4. The van der Waals surface area contributed by atoms with Gasteiger partial charge in [-0.25, -0.2) is 4.98 Å². The second-order valence-electron chi connectivity index (χ2n) is 6.89. The van der Waals surface area contributed by atoms with Crippen molar-refractivity contribution in [1.82, 2.24) is 4.98 Å². The van der Waals surface area contributed by atoms with Crippen LogP contribution < -0.4 is 4.74 Å². The number of aromatic nitrogens is 1. The molecule has 0 bridgehead atoms. The maximum Gasteiger partial charge on any atom is 0.417 e. The molecule has 29 heavy (non-hydrogen) atoms. The number of pyridine rings is 1. The standard InChI is InChI=1S/C22H22F3NO3/c1-2-28-21(27)17-8-6-15(7-9-17)12-16-4-3-5-19(13-16)29-20-11-10-18(14-26-20)22(23,24)25/h3-5,10-14,17H,2,6-9H2,1H3. The molecule has 0 radical (unpaired) electrons. The summed E-state index contributed by atoms with van der Waals surface area (Å²) in [6, 6.07) is 9.41. The maximum atomic E-state index is 12.6. The van der Waals surface area contributed by atoms with Gasteiger partial charge in [0, 0.05) is 12.3 Å². The van der Waals surface area contributed by atoms with E-state index in [1.807, 2.05) is 18.2 Å². The fourth-order valence-electron chi connectivity index (χ4n) is 3.26. The number of benzene rings is 1. The van der Waals surface area contributed by atoms with Crippen molar-refractivity contribution in [2.45, 2.75) is 38.8 Å². The molecule has 1 fully saturated rings. The Labute approximate surface area is 167 Å². The first kappa shape index (κ1) is 20.9. The summed E-state index contributed by atoms with van der Waals surface area (Å²) < 4.78 is 48.5. The third-order valence-electron chi connectivity index (χ3n) is 4.76. The molecule has 1 aliphatic rings. The van der Waals surface area contributed by atoms with E-state index in [4.69, 9.17) is 9.47 Å². The lowest BCUT2D eigenvalue weighted by molar-refractivity contribution is -0.148. The van der Waals surface area contributed by atoms with Gasteiger partial charge in [-0.2, -0.15) is 13.2 Å². The molecule has 0 unspecified atom stereocenters. The van der Waals surface area contributed by atoms with Crippen molar-refractivity contribution in [3.05, 3.63) is 59.3 Å². The molecule has 1 aromatic carbocycles. The highest BCUT2D eigenvalue weighted by molar-refractivity contribution is 5.72. The number of nitrogens with zero attached hydrogens (tertiary/aromatic N) is 1. The van der Waals surface area contributed by atoms with E-state index in [1.54, 1.807) is 13.0 Å². The number of alkyl halides is 3. The van der Waals surface area contributed by atoms with E-state index in [2.05, 4.69) is 11.1 Å². The molecule has 1 aromatic heterocycles. The monoisotopic (exact) mass is 405 g/mol. The van der Waals surface area contributed by atoms with Crippen molar-refractivity contribution < 1.29 is 27.4 Å². The average Bonchev–Trinajstić information content (AvgIpc) is 2.69. The molecular weight excluding hydrogens is 383 g/mol. The lowest BCUT2D eigenvalue weighted by Crippen LogP contribution is -2.20. The first-order valence-electron chi connectivity index (χ1n) is 9.52. The zero-order valence-electron chi connectivity index (χ0n) is 16.0. The van der Waals surface area contributed by atoms with Crippen LogP contribution in [-0.4, -0.2) is 17.6 Å². The second-order valence-corrected chi connectivity index (χ2v) is 6.89. The molecule has 1 aliphatic carbocycles. The topological polar surface area (TPSA) is 48.4 Å². The Morgan fingerprint density at radius 3 is 2.59 bits per heavy atom. The van der Waals surface area contributed by atoms with Crippen LogP contribution in [0.25, 0.3) is 6.08 Å². The van der Waals surface area contributed by atoms with Gasteiger partial charge in [0.2, 0.25) is 5.88 Å². The van der Waals surface area contributed by atoms with E-state index in [0.717, 1.165) is 43.5 Å². The number of esters is 1. The zero-order chi connectivity index (χ0) is 20.9. The van der Waals surface area contributed by atoms with Gasteiger partial charge in [-0.1, -0.05) is 23.8 Å². The van der Waals surface area contributed by atoms with E-state index in [0.29, 0.717) is 12.4 Å². The molecule has 154 valence electrons. The van der Waals surface area contributed by atoms with Crippen LogP contribution in [0.5, 0.6) is 11.6 Å². The van der Waals surface area contributed by atoms with Gasteiger partial charge in [-0.15, -0.1) is 0 Å². The van der Waals surface area contributed by atoms with Crippen molar-refractivity contribution in [3.8, 4) is 11.6 Å². The largest absolute Gasteiger partial charge is 0.466 e. The summed E-state index contributed by atoms with van der Waals surface area (Å²) in [7, 11) is 0. The van der Waals surface area contributed by atoms with Crippen LogP contribution in [0.15, 0.2) is 48.2 Å². The molecule has 1 saturated carbocycles. The summed E-state index contributed by atoms with van der Waals surface area (Å²) in [6.45, 7) is 2.21. The maximum absolute atomic E-state index is 12.6. The van der Waals surface area contributed by atoms with Crippen molar-refractivity contribution >= 4 is 12.0 Å². The minimum Gasteiger partial charge on any atom is -0.466 e. The van der Waals surface area contributed by atoms with Crippen LogP contribution in [0, 0.1) is 5.92 Å². The number of allylic oxidation sites excluding steroid dienone is 1. The van der Waals surface area contributed by atoms with Crippen molar-refractivity contribution in [2.24, 2.45) is 5.92 Å². The predicted molar refractivity (Wildman–Crippen MR) is 102 cm³/mol. The molecule has 0 saturated heterocycles. The van der Waals surface area contributed by atoms with Gasteiger partial charge in [0.15, 0.2) is 0 Å². The molecule has 0 amide bonds. The Kier molecular flexibility index (Phi) is 6.56. The minimum absolute atomic E-state index is 0.0347. The number of rotatable bonds is 5. The van der Waals surface area contributed by atoms with Gasteiger partial charge >= 0.3 is 12.1 Å². The molecule has 0 spiro atoms. The van der Waals surface area contributed by atoms with E-state index < -0.39 is 11.7 Å². The smallest absolute Gasteiger partial charge is 0.417 e. The Balaban J connectivity index is 1.63. The average molecular weight is 405 g/mol. The molecule has 0 aliphatic heterocycles. The number of carbonyl (C=O) groups is 1. The lowest BCUT2D eigenvalue weighted by Gasteiger charge is -2.22. The Bertz CT molecular complexity index is 866. The first-order valence-corrected chi connectivity index (χ1v) is 9.52. The van der Waals surface area contributed by atoms with Gasteiger partial charge in [0.25, 0.3) is 0 Å². The summed E-state index contributed by atoms with van der Waals surface area (Å²) >= 11 is 0. The van der Waals surface area contributed by atoms with Gasteiger partial charge in [0.05, 0.1) is 18.1 Å². The molecular formula is C22H22F3NO3. The molecule has 3 rings (SSSR count). The van der Waals surface area contributed by atoms with E-state index in [-0.39, 0.29) is 17.8 Å². The Morgan fingerprint density at radius 1 is 1.21 bits per heavy atom. The first-order chi connectivity index (χ1) is 13.8. The highest BCUT2D eigenvalue weighted by atomic mass is 19.4. The summed E-state index contributed by atoms with van der Waals surface area (Å²) in [4.78, 5) is 15.6. The fraction of sp³-hybridized carbons (Fsp3) is 0.364. The van der Waals surface area contributed by atoms with Crippen LogP contribution >= 0.6 is 0 Å². The number of hydrogen-bond donors (Lipinski definition) is 0. The minimum atomic E-state index is -4.43. The van der Waals surface area contributed by atoms with E-state index in [1.165, 1.54) is 11.6 Å². The van der Waals surface area contributed by atoms with E-state index >= 15 is 0 Å². The number of halogens is 3. The third-order valence-corrected chi connectivity index (χ3v) is 4.76. The van der Waals surface area contributed by atoms with Gasteiger partial charge in [0.1, 0.15) is 5.75 Å². The van der Waals surface area contributed by atoms with E-state index in [9.17, 15) is 18.0 Å². The van der Waals surface area contributed by atoms with Crippen LogP contribution in [0.4, 0.5) is 13.2 Å². The normalized spacial score (nSPS) is 17.0. The Morgan fingerprint density at radius 2 is 1.97 bits per heavy atom. The van der Waals surface area contributed by atoms with Crippen LogP contribution in [0.1, 0.15) is 43.7 Å². The van der Waals surface area contributed by atoms with Crippen molar-refractivity contribution in [3.63, 3.8) is 0 Å². The molecule has 0 atom stereocenters. The van der Waals surface area contributed by atoms with Gasteiger partial charge in [-0.05, 0) is 56.4 Å². The van der Waals surface area contributed by atoms with Crippen molar-refractivity contribution in [2.75, 3.05) is 6.61 Å². The summed E-state index contributed by atoms with van der Waals surface area (Å²) in [5.41, 5.74) is 1.36. The quantitative estimate of drug-likeness (QED) is 0.570. The SMILES string of the molecule is CCOC(=O)C1CCC(=Cc2cccc(Oc3ccc(C(F)(F)F)cn3)c2)CC1. The Hall–Kier alpha value is -2.83. The van der Waals surface area contributed by atoms with Gasteiger partial charge < -0.3 is 9.47 Å². The summed E-state index contributed by atoms with van der Waals surface area (Å²) in [5, 5.41) is 0. The third kappa shape index (κ3) is 5.82. The highest BCUT2D eigenvalue weighted by Crippen LogP contribution is 2.32. The highest BCUT2D eigenvalue weighted by Gasteiger charge is 2.30. The molecule has 2 aromatic rings. The summed E-state index contributed by atoms with van der Waals surface area (Å²) in [5.74, 6) is 0.433. The molecule has 1 heterocycles. The van der Waals surface area contributed by atoms with Crippen LogP contribution in [0.2, 0.25) is 0 Å². The molecule has 0 N–H and O–H groups in total. The molecule has 7 heteroatoms. The lowest BCUT2D eigenvalue weighted by atomic mass is 9.85. The number of carbonyl (C=O) groups excluding carboxylic acids is 1. The van der Waals surface area contributed by atoms with Crippen LogP contribution in [-0.2, 0) is 15.7 Å². The summed E-state index contributed by atoms with van der Waals surface area (Å²) in [6.07, 6.45) is 1.60. The van der Waals surface area contributed by atoms with Crippen LogP contribution in [0.3, 0.4) is 0 Å². The van der Waals surface area contributed by atoms with Gasteiger partial charge in [-0.3, -0.25) is 4.79 Å². The van der Waals surface area contributed by atoms with Crippen molar-refractivity contribution in [1.29, 1.82) is 0 Å². The predicted octanol–water partition coefficient (Wildman–Crippen LogP) is 6.03. The zero-order valence-corrected chi connectivity index (χ0v) is 16.0. The second kappa shape index (κ2) is 9.11.